The molecule has 132 valence electrons. The third-order valence-electron chi connectivity index (χ3n) is 3.70. The fourth-order valence-electron chi connectivity index (χ4n) is 2.51. The highest BCUT2D eigenvalue weighted by Crippen LogP contribution is 2.22. The number of amides is 1. The number of benzene rings is 2. The van der Waals surface area contributed by atoms with Crippen molar-refractivity contribution in [1.29, 1.82) is 0 Å². The number of carbonyl (C=O) groups excluding carboxylic acids is 1. The van der Waals surface area contributed by atoms with Crippen LogP contribution in [0, 0.1) is 0 Å². The van der Waals surface area contributed by atoms with Gasteiger partial charge in [-0.05, 0) is 18.2 Å². The van der Waals surface area contributed by atoms with E-state index < -0.39 is 0 Å². The fraction of sp³-hybridized carbons (Fsp3) is 0.158. The number of aryl methyl sites for hydroxylation is 1. The molecule has 0 bridgehead atoms. The average molecular weight is 348 g/mol. The van der Waals surface area contributed by atoms with Gasteiger partial charge in [-0.25, -0.2) is 14.6 Å². The molecule has 2 aromatic carbocycles. The van der Waals surface area contributed by atoms with Crippen molar-refractivity contribution < 1.29 is 4.79 Å². The van der Waals surface area contributed by atoms with Crippen LogP contribution in [-0.4, -0.2) is 30.6 Å². The number of aromatic nitrogens is 5. The van der Waals surface area contributed by atoms with Crippen LogP contribution in [0.2, 0.25) is 0 Å². The molecular formula is C19H20N6O. The highest BCUT2D eigenvalue weighted by Gasteiger charge is 2.13. The van der Waals surface area contributed by atoms with E-state index in [1.54, 1.807) is 7.05 Å². The molecule has 0 fully saturated rings. The predicted molar refractivity (Wildman–Crippen MR) is 102 cm³/mol. The monoisotopic (exact) mass is 348 g/mol. The lowest BCUT2D eigenvalue weighted by Crippen LogP contribution is -2.17. The van der Waals surface area contributed by atoms with Gasteiger partial charge in [-0.2, -0.15) is 5.10 Å². The minimum absolute atomic E-state index is 0.254. The van der Waals surface area contributed by atoms with Crippen LogP contribution in [0.15, 0.2) is 54.9 Å². The average Bonchev–Trinajstić information content (AvgIpc) is 3.30. The summed E-state index contributed by atoms with van der Waals surface area (Å²) in [6.07, 6.45) is 1.35. The predicted octanol–water partition coefficient (Wildman–Crippen LogP) is 3.64. The minimum Gasteiger partial charge on any atom is -0.338 e. The normalized spacial score (nSPS) is 10.3. The summed E-state index contributed by atoms with van der Waals surface area (Å²) in [6, 6.07) is 15.4. The quantitative estimate of drug-likeness (QED) is 0.592. The van der Waals surface area contributed by atoms with Gasteiger partial charge in [0.1, 0.15) is 12.2 Å². The van der Waals surface area contributed by atoms with Gasteiger partial charge in [0.2, 0.25) is 5.82 Å². The molecule has 1 amide bonds. The van der Waals surface area contributed by atoms with Gasteiger partial charge < -0.3 is 10.3 Å². The maximum absolute atomic E-state index is 12.2. The van der Waals surface area contributed by atoms with Gasteiger partial charge in [-0.15, -0.1) is 0 Å². The molecule has 0 saturated carbocycles. The molecule has 4 aromatic rings. The maximum atomic E-state index is 12.2. The molecule has 26 heavy (non-hydrogen) atoms. The maximum Gasteiger partial charge on any atom is 0.293 e. The summed E-state index contributed by atoms with van der Waals surface area (Å²) >= 11 is 0. The number of fused-ring (bicyclic) bond motifs is 1. The number of anilines is 1. The van der Waals surface area contributed by atoms with Crippen molar-refractivity contribution in [2.75, 3.05) is 5.32 Å². The van der Waals surface area contributed by atoms with E-state index in [1.165, 1.54) is 11.0 Å². The van der Waals surface area contributed by atoms with Gasteiger partial charge in [0.05, 0.1) is 11.0 Å². The van der Waals surface area contributed by atoms with Crippen LogP contribution in [0.4, 0.5) is 5.69 Å². The van der Waals surface area contributed by atoms with Crippen molar-refractivity contribution in [3.05, 3.63) is 60.7 Å². The molecule has 7 nitrogen and oxygen atoms in total. The molecular weight excluding hydrogens is 328 g/mol. The van der Waals surface area contributed by atoms with Crippen LogP contribution in [0.1, 0.15) is 24.5 Å². The molecule has 0 spiro atoms. The summed E-state index contributed by atoms with van der Waals surface area (Å²) in [5.41, 5.74) is 3.37. The number of H-pyrrole nitrogens is 1. The SMILES string of the molecule is CC.Cn1ncnc1C(=O)Nc1ccc2nc(-c3ccccc3)[nH]c2c1. The van der Waals surface area contributed by atoms with E-state index in [0.29, 0.717) is 5.69 Å². The lowest BCUT2D eigenvalue weighted by atomic mass is 10.2. The Morgan fingerprint density at radius 3 is 2.58 bits per heavy atom. The second-order valence-electron chi connectivity index (χ2n) is 5.34. The largest absolute Gasteiger partial charge is 0.338 e. The van der Waals surface area contributed by atoms with Gasteiger partial charge in [0, 0.05) is 18.3 Å². The van der Waals surface area contributed by atoms with Crippen LogP contribution in [0.25, 0.3) is 22.4 Å². The molecule has 7 heteroatoms. The second kappa shape index (κ2) is 7.60. The Hall–Kier alpha value is -3.48. The van der Waals surface area contributed by atoms with E-state index in [-0.39, 0.29) is 11.7 Å². The van der Waals surface area contributed by atoms with Crippen LogP contribution in [-0.2, 0) is 7.05 Å². The molecule has 0 saturated heterocycles. The lowest BCUT2D eigenvalue weighted by molar-refractivity contribution is 0.101. The first kappa shape index (κ1) is 17.3. The highest BCUT2D eigenvalue weighted by atomic mass is 16.2. The number of hydrogen-bond acceptors (Lipinski definition) is 4. The molecule has 0 radical (unpaired) electrons. The first-order valence-corrected chi connectivity index (χ1v) is 8.41. The Morgan fingerprint density at radius 2 is 1.88 bits per heavy atom. The Kier molecular flexibility index (Phi) is 5.07. The van der Waals surface area contributed by atoms with Gasteiger partial charge in [0.15, 0.2) is 0 Å². The standard InChI is InChI=1S/C17H14N6O.C2H6/c1-23-16(18-10-19-23)17(24)20-12-7-8-13-14(9-12)22-15(21-13)11-5-3-2-4-6-11;1-2/h2-10H,1H3,(H,20,24)(H,21,22);1-2H3. The van der Waals surface area contributed by atoms with Gasteiger partial charge in [0.25, 0.3) is 5.91 Å². The Morgan fingerprint density at radius 1 is 1.12 bits per heavy atom. The van der Waals surface area contributed by atoms with Crippen molar-refractivity contribution in [2.45, 2.75) is 13.8 Å². The summed E-state index contributed by atoms with van der Waals surface area (Å²) in [7, 11) is 1.67. The molecule has 0 aliphatic heterocycles. The number of hydrogen-bond donors (Lipinski definition) is 2. The summed E-state index contributed by atoms with van der Waals surface area (Å²) in [6.45, 7) is 4.00. The molecule has 0 aliphatic carbocycles. The zero-order valence-electron chi connectivity index (χ0n) is 14.9. The second-order valence-corrected chi connectivity index (χ2v) is 5.34. The van der Waals surface area contributed by atoms with E-state index in [4.69, 9.17) is 0 Å². The zero-order valence-corrected chi connectivity index (χ0v) is 14.9. The number of aromatic amines is 1. The molecule has 2 heterocycles. The zero-order chi connectivity index (χ0) is 18.5. The number of nitrogens with one attached hydrogen (secondary N) is 2. The smallest absolute Gasteiger partial charge is 0.293 e. The lowest BCUT2D eigenvalue weighted by Gasteiger charge is -2.04. The van der Waals surface area contributed by atoms with Crippen molar-refractivity contribution >= 4 is 22.6 Å². The molecule has 0 atom stereocenters. The van der Waals surface area contributed by atoms with Crippen LogP contribution >= 0.6 is 0 Å². The van der Waals surface area contributed by atoms with E-state index in [1.807, 2.05) is 62.4 Å². The van der Waals surface area contributed by atoms with Crippen molar-refractivity contribution in [3.8, 4) is 11.4 Å². The van der Waals surface area contributed by atoms with E-state index in [2.05, 4.69) is 25.4 Å². The Labute approximate surface area is 151 Å². The Balaban J connectivity index is 0.000000948. The molecule has 2 aromatic heterocycles. The first-order valence-electron chi connectivity index (χ1n) is 8.41. The molecule has 2 N–H and O–H groups in total. The van der Waals surface area contributed by atoms with Crippen LogP contribution < -0.4 is 5.32 Å². The fourth-order valence-corrected chi connectivity index (χ4v) is 2.51. The van der Waals surface area contributed by atoms with Gasteiger partial charge in [-0.3, -0.25) is 4.79 Å². The third kappa shape index (κ3) is 3.46. The minimum atomic E-state index is -0.308. The summed E-state index contributed by atoms with van der Waals surface area (Å²) in [4.78, 5) is 24.0. The summed E-state index contributed by atoms with van der Waals surface area (Å²) in [5.74, 6) is 0.740. The third-order valence-corrected chi connectivity index (χ3v) is 3.70. The topological polar surface area (TPSA) is 88.5 Å². The number of rotatable bonds is 3. The first-order chi connectivity index (χ1) is 12.7. The molecule has 0 aliphatic rings. The van der Waals surface area contributed by atoms with Crippen LogP contribution in [0.3, 0.4) is 0 Å². The van der Waals surface area contributed by atoms with E-state index in [9.17, 15) is 4.79 Å². The van der Waals surface area contributed by atoms with Gasteiger partial charge >= 0.3 is 0 Å². The molecule has 4 rings (SSSR count). The van der Waals surface area contributed by atoms with Gasteiger partial charge in [-0.1, -0.05) is 44.2 Å². The van der Waals surface area contributed by atoms with E-state index >= 15 is 0 Å². The van der Waals surface area contributed by atoms with E-state index in [0.717, 1.165) is 22.4 Å². The number of carbonyl (C=O) groups is 1. The Bertz CT molecular complexity index is 1020. The highest BCUT2D eigenvalue weighted by molar-refractivity contribution is 6.02. The van der Waals surface area contributed by atoms with Crippen molar-refractivity contribution in [2.24, 2.45) is 7.05 Å². The number of nitrogens with zero attached hydrogens (tertiary/aromatic N) is 4. The van der Waals surface area contributed by atoms with Crippen molar-refractivity contribution in [3.63, 3.8) is 0 Å². The summed E-state index contributed by atoms with van der Waals surface area (Å²) in [5, 5.41) is 6.71. The summed E-state index contributed by atoms with van der Waals surface area (Å²) < 4.78 is 1.43. The number of imidazole rings is 1. The van der Waals surface area contributed by atoms with Crippen molar-refractivity contribution in [1.82, 2.24) is 24.7 Å². The van der Waals surface area contributed by atoms with Crippen LogP contribution in [0.5, 0.6) is 0 Å². The molecule has 0 unspecified atom stereocenters.